The second-order valence-electron chi connectivity index (χ2n) is 4.12. The van der Waals surface area contributed by atoms with Crippen LogP contribution in [0.4, 0.5) is 0 Å². The highest BCUT2D eigenvalue weighted by atomic mass is 35.5. The van der Waals surface area contributed by atoms with Crippen molar-refractivity contribution in [1.29, 1.82) is 0 Å². The number of hydrogen-bond acceptors (Lipinski definition) is 2. The molecule has 0 saturated carbocycles. The van der Waals surface area contributed by atoms with Crippen LogP contribution in [0, 0.1) is 0 Å². The Kier molecular flexibility index (Phi) is 3.30. The van der Waals surface area contributed by atoms with Crippen LogP contribution in [0.15, 0.2) is 34.9 Å². The van der Waals surface area contributed by atoms with Gasteiger partial charge in [0.05, 0.1) is 0 Å². The summed E-state index contributed by atoms with van der Waals surface area (Å²) in [4.78, 5) is 0. The molecule has 3 heteroatoms. The van der Waals surface area contributed by atoms with Crippen molar-refractivity contribution in [3.05, 3.63) is 52.4 Å². The van der Waals surface area contributed by atoms with Crippen molar-refractivity contribution >= 4 is 11.6 Å². The van der Waals surface area contributed by atoms with Gasteiger partial charge in [-0.1, -0.05) is 60.9 Å². The van der Waals surface area contributed by atoms with Crippen LogP contribution in [0.2, 0.25) is 5.02 Å². The highest BCUT2D eigenvalue weighted by Crippen LogP contribution is 2.28. The monoisotopic (exact) mass is 235 g/mol. The number of rotatable bonds is 3. The van der Waals surface area contributed by atoms with E-state index in [1.807, 2.05) is 30.3 Å². The fourth-order valence-electron chi connectivity index (χ4n) is 1.58. The maximum Gasteiger partial charge on any atom is 0.159 e. The van der Waals surface area contributed by atoms with E-state index in [1.54, 1.807) is 0 Å². The Morgan fingerprint density at radius 1 is 1.25 bits per heavy atom. The summed E-state index contributed by atoms with van der Waals surface area (Å²) in [5, 5.41) is 4.67. The van der Waals surface area contributed by atoms with E-state index < -0.39 is 0 Å². The topological polar surface area (TPSA) is 26.0 Å². The third-order valence-electron chi connectivity index (χ3n) is 2.48. The van der Waals surface area contributed by atoms with Gasteiger partial charge in [0.1, 0.15) is 10.7 Å². The molecule has 1 aromatic heterocycles. The molecule has 0 radical (unpaired) electrons. The fourth-order valence-corrected chi connectivity index (χ4v) is 1.93. The minimum atomic E-state index is 0.292. The first-order valence-electron chi connectivity index (χ1n) is 5.36. The van der Waals surface area contributed by atoms with E-state index in [1.165, 1.54) is 5.56 Å². The summed E-state index contributed by atoms with van der Waals surface area (Å²) in [7, 11) is 0. The standard InChI is InChI=1S/C13H14ClNO/c1-9(2)13-12(14)11(16-15-13)8-10-6-4-3-5-7-10/h3-7,9H,8H2,1-2H3. The zero-order valence-electron chi connectivity index (χ0n) is 9.40. The number of halogens is 1. The van der Waals surface area contributed by atoms with Crippen LogP contribution in [0.3, 0.4) is 0 Å². The first kappa shape index (κ1) is 11.2. The van der Waals surface area contributed by atoms with Crippen LogP contribution in [-0.4, -0.2) is 5.16 Å². The van der Waals surface area contributed by atoms with Crippen molar-refractivity contribution in [3.8, 4) is 0 Å². The molecule has 0 aliphatic heterocycles. The Morgan fingerprint density at radius 2 is 1.94 bits per heavy atom. The minimum absolute atomic E-state index is 0.292. The van der Waals surface area contributed by atoms with Gasteiger partial charge in [0.25, 0.3) is 0 Å². The highest BCUT2D eigenvalue weighted by molar-refractivity contribution is 6.31. The minimum Gasteiger partial charge on any atom is -0.359 e. The van der Waals surface area contributed by atoms with Gasteiger partial charge in [-0.3, -0.25) is 0 Å². The lowest BCUT2D eigenvalue weighted by molar-refractivity contribution is 0.380. The van der Waals surface area contributed by atoms with Gasteiger partial charge in [-0.05, 0) is 5.56 Å². The molecule has 0 amide bonds. The Balaban J connectivity index is 2.23. The molecule has 2 aromatic rings. The summed E-state index contributed by atoms with van der Waals surface area (Å²) in [6.45, 7) is 4.10. The molecule has 2 nitrogen and oxygen atoms in total. The van der Waals surface area contributed by atoms with Crippen molar-refractivity contribution in [3.63, 3.8) is 0 Å². The molecule has 0 atom stereocenters. The van der Waals surface area contributed by atoms with Gasteiger partial charge < -0.3 is 4.52 Å². The maximum atomic E-state index is 6.21. The molecule has 0 saturated heterocycles. The normalized spacial score (nSPS) is 11.0. The van der Waals surface area contributed by atoms with Gasteiger partial charge in [0, 0.05) is 12.3 Å². The second-order valence-corrected chi connectivity index (χ2v) is 4.50. The van der Waals surface area contributed by atoms with E-state index in [2.05, 4.69) is 19.0 Å². The lowest BCUT2D eigenvalue weighted by atomic mass is 10.1. The van der Waals surface area contributed by atoms with Crippen molar-refractivity contribution in [1.82, 2.24) is 5.16 Å². The highest BCUT2D eigenvalue weighted by Gasteiger charge is 2.16. The summed E-state index contributed by atoms with van der Waals surface area (Å²) in [5.74, 6) is 1.04. The van der Waals surface area contributed by atoms with Gasteiger partial charge in [0.2, 0.25) is 0 Å². The van der Waals surface area contributed by atoms with E-state index in [0.717, 1.165) is 11.5 Å². The van der Waals surface area contributed by atoms with Crippen molar-refractivity contribution < 1.29 is 4.52 Å². The zero-order valence-corrected chi connectivity index (χ0v) is 10.2. The first-order valence-corrected chi connectivity index (χ1v) is 5.74. The van der Waals surface area contributed by atoms with E-state index in [-0.39, 0.29) is 0 Å². The lowest BCUT2D eigenvalue weighted by Crippen LogP contribution is -1.89. The number of aromatic nitrogens is 1. The molecule has 1 aromatic carbocycles. The van der Waals surface area contributed by atoms with Crippen LogP contribution in [0.25, 0.3) is 0 Å². The smallest absolute Gasteiger partial charge is 0.159 e. The van der Waals surface area contributed by atoms with Crippen LogP contribution in [0.1, 0.15) is 36.8 Å². The Morgan fingerprint density at radius 3 is 2.50 bits per heavy atom. The summed E-state index contributed by atoms with van der Waals surface area (Å²) < 4.78 is 5.28. The maximum absolute atomic E-state index is 6.21. The molecular formula is C13H14ClNO. The Hall–Kier alpha value is -1.28. The third kappa shape index (κ3) is 2.27. The molecule has 1 heterocycles. The number of nitrogens with zero attached hydrogens (tertiary/aromatic N) is 1. The number of hydrogen-bond donors (Lipinski definition) is 0. The average molecular weight is 236 g/mol. The molecule has 0 aliphatic rings. The lowest BCUT2D eigenvalue weighted by Gasteiger charge is -1.99. The molecule has 16 heavy (non-hydrogen) atoms. The summed E-state index contributed by atoms with van der Waals surface area (Å²) in [6.07, 6.45) is 0.694. The van der Waals surface area contributed by atoms with Crippen LogP contribution in [0.5, 0.6) is 0 Å². The molecule has 84 valence electrons. The van der Waals surface area contributed by atoms with Crippen LogP contribution in [-0.2, 0) is 6.42 Å². The quantitative estimate of drug-likeness (QED) is 0.803. The molecule has 0 bridgehead atoms. The predicted molar refractivity (Wildman–Crippen MR) is 64.9 cm³/mol. The fraction of sp³-hybridized carbons (Fsp3) is 0.308. The largest absolute Gasteiger partial charge is 0.359 e. The van der Waals surface area contributed by atoms with E-state index in [0.29, 0.717) is 17.4 Å². The van der Waals surface area contributed by atoms with Gasteiger partial charge in [-0.2, -0.15) is 0 Å². The summed E-state index contributed by atoms with van der Waals surface area (Å²) >= 11 is 6.21. The molecule has 0 N–H and O–H groups in total. The molecule has 0 aliphatic carbocycles. The van der Waals surface area contributed by atoms with E-state index in [4.69, 9.17) is 16.1 Å². The van der Waals surface area contributed by atoms with Crippen molar-refractivity contribution in [2.45, 2.75) is 26.2 Å². The molecule has 0 spiro atoms. The molecular weight excluding hydrogens is 222 g/mol. The van der Waals surface area contributed by atoms with Gasteiger partial charge in [-0.15, -0.1) is 0 Å². The predicted octanol–water partition coefficient (Wildman–Crippen LogP) is 4.04. The van der Waals surface area contributed by atoms with Gasteiger partial charge >= 0.3 is 0 Å². The summed E-state index contributed by atoms with van der Waals surface area (Å²) in [5.41, 5.74) is 2.02. The SMILES string of the molecule is CC(C)c1noc(Cc2ccccc2)c1Cl. The third-order valence-corrected chi connectivity index (χ3v) is 2.88. The van der Waals surface area contributed by atoms with Crippen LogP contribution < -0.4 is 0 Å². The Bertz CT molecular complexity index is 462. The number of benzene rings is 1. The molecule has 0 unspecified atom stereocenters. The zero-order chi connectivity index (χ0) is 11.5. The van der Waals surface area contributed by atoms with Crippen molar-refractivity contribution in [2.75, 3.05) is 0 Å². The van der Waals surface area contributed by atoms with E-state index in [9.17, 15) is 0 Å². The van der Waals surface area contributed by atoms with E-state index >= 15 is 0 Å². The average Bonchev–Trinajstić information content (AvgIpc) is 2.62. The van der Waals surface area contributed by atoms with Crippen LogP contribution >= 0.6 is 11.6 Å². The van der Waals surface area contributed by atoms with Gasteiger partial charge in [-0.25, -0.2) is 0 Å². The van der Waals surface area contributed by atoms with Crippen molar-refractivity contribution in [2.24, 2.45) is 0 Å². The molecule has 2 rings (SSSR count). The van der Waals surface area contributed by atoms with Gasteiger partial charge in [0.15, 0.2) is 5.76 Å². The molecule has 0 fully saturated rings. The first-order chi connectivity index (χ1) is 7.68. The summed E-state index contributed by atoms with van der Waals surface area (Å²) in [6, 6.07) is 10.1. The Labute approximate surface area is 100 Å². The second kappa shape index (κ2) is 4.71.